The van der Waals surface area contributed by atoms with Gasteiger partial charge in [0, 0.05) is 17.9 Å². The van der Waals surface area contributed by atoms with Gasteiger partial charge in [-0.3, -0.25) is 9.69 Å². The Labute approximate surface area is 124 Å². The first-order chi connectivity index (χ1) is 10.2. The molecule has 6 nitrogen and oxygen atoms in total. The van der Waals surface area contributed by atoms with Gasteiger partial charge >= 0.3 is 6.09 Å². The molecule has 0 aromatic heterocycles. The standard InChI is InChI=1S/C15H21N3O3/c1-2-4-11(10-16)14(19)17-12-5-3-6-13(9-12)18-7-8-21-15(18)20/h3,5-6,9,11H,2,4,7-8,10,16H2,1H3,(H,17,19). The molecule has 2 rings (SSSR count). The molecule has 2 amide bonds. The summed E-state index contributed by atoms with van der Waals surface area (Å²) in [6.07, 6.45) is 1.32. The van der Waals surface area contributed by atoms with Crippen molar-refractivity contribution in [2.24, 2.45) is 11.7 Å². The van der Waals surface area contributed by atoms with Crippen LogP contribution in [-0.2, 0) is 9.53 Å². The number of anilines is 2. The minimum absolute atomic E-state index is 0.0829. The highest BCUT2D eigenvalue weighted by atomic mass is 16.6. The van der Waals surface area contributed by atoms with Crippen molar-refractivity contribution in [3.63, 3.8) is 0 Å². The first-order valence-corrected chi connectivity index (χ1v) is 7.21. The van der Waals surface area contributed by atoms with E-state index in [0.717, 1.165) is 18.5 Å². The second-order valence-electron chi connectivity index (χ2n) is 5.03. The molecule has 1 saturated heterocycles. The number of nitrogens with one attached hydrogen (secondary N) is 1. The molecule has 6 heteroatoms. The summed E-state index contributed by atoms with van der Waals surface area (Å²) in [7, 11) is 0. The molecule has 0 radical (unpaired) electrons. The molecule has 3 N–H and O–H groups in total. The van der Waals surface area contributed by atoms with Crippen LogP contribution in [0.3, 0.4) is 0 Å². The van der Waals surface area contributed by atoms with E-state index in [0.29, 0.717) is 25.4 Å². The highest BCUT2D eigenvalue weighted by Crippen LogP contribution is 2.23. The van der Waals surface area contributed by atoms with E-state index in [1.807, 2.05) is 13.0 Å². The van der Waals surface area contributed by atoms with E-state index in [2.05, 4.69) is 5.32 Å². The molecular weight excluding hydrogens is 270 g/mol. The van der Waals surface area contributed by atoms with Gasteiger partial charge < -0.3 is 15.8 Å². The van der Waals surface area contributed by atoms with Crippen LogP contribution in [0, 0.1) is 5.92 Å². The molecule has 0 aliphatic carbocycles. The molecule has 1 aliphatic rings. The van der Waals surface area contributed by atoms with Crippen LogP contribution in [0.5, 0.6) is 0 Å². The third-order valence-corrected chi connectivity index (χ3v) is 3.48. The van der Waals surface area contributed by atoms with Crippen LogP contribution in [-0.4, -0.2) is 31.7 Å². The highest BCUT2D eigenvalue weighted by Gasteiger charge is 2.24. The molecule has 1 unspecified atom stereocenters. The number of ether oxygens (including phenoxy) is 1. The Morgan fingerprint density at radius 1 is 1.52 bits per heavy atom. The zero-order valence-electron chi connectivity index (χ0n) is 12.2. The Bertz CT molecular complexity index is 519. The van der Waals surface area contributed by atoms with Gasteiger partial charge in [-0.2, -0.15) is 0 Å². The Morgan fingerprint density at radius 2 is 2.33 bits per heavy atom. The highest BCUT2D eigenvalue weighted by molar-refractivity contribution is 5.94. The van der Waals surface area contributed by atoms with Gasteiger partial charge in [0.2, 0.25) is 5.91 Å². The fourth-order valence-corrected chi connectivity index (χ4v) is 2.33. The van der Waals surface area contributed by atoms with Crippen molar-refractivity contribution in [1.82, 2.24) is 0 Å². The first-order valence-electron chi connectivity index (χ1n) is 7.21. The summed E-state index contributed by atoms with van der Waals surface area (Å²) in [4.78, 5) is 25.2. The Morgan fingerprint density at radius 3 is 2.95 bits per heavy atom. The van der Waals surface area contributed by atoms with Gasteiger partial charge in [0.25, 0.3) is 0 Å². The lowest BCUT2D eigenvalue weighted by Gasteiger charge is -2.16. The summed E-state index contributed by atoms with van der Waals surface area (Å²) in [5.41, 5.74) is 7.01. The summed E-state index contributed by atoms with van der Waals surface area (Å²) < 4.78 is 4.91. The SMILES string of the molecule is CCCC(CN)C(=O)Nc1cccc(N2CCOC2=O)c1. The van der Waals surface area contributed by atoms with E-state index in [4.69, 9.17) is 10.5 Å². The van der Waals surface area contributed by atoms with Crippen molar-refractivity contribution < 1.29 is 14.3 Å². The second kappa shape index (κ2) is 7.08. The molecular formula is C15H21N3O3. The minimum Gasteiger partial charge on any atom is -0.447 e. The number of nitrogens with two attached hydrogens (primary N) is 1. The molecule has 1 aliphatic heterocycles. The number of carbonyl (C=O) groups excluding carboxylic acids is 2. The predicted octanol–water partition coefficient (Wildman–Crippen LogP) is 1.96. The Balaban J connectivity index is 2.07. The first kappa shape index (κ1) is 15.3. The number of hydrogen-bond acceptors (Lipinski definition) is 4. The number of hydrogen-bond donors (Lipinski definition) is 2. The molecule has 21 heavy (non-hydrogen) atoms. The average Bonchev–Trinajstić information content (AvgIpc) is 2.91. The lowest BCUT2D eigenvalue weighted by Crippen LogP contribution is -2.29. The number of cyclic esters (lactones) is 1. The zero-order valence-corrected chi connectivity index (χ0v) is 12.2. The molecule has 0 saturated carbocycles. The smallest absolute Gasteiger partial charge is 0.414 e. The summed E-state index contributed by atoms with van der Waals surface area (Å²) in [6.45, 7) is 3.27. The van der Waals surface area contributed by atoms with E-state index >= 15 is 0 Å². The van der Waals surface area contributed by atoms with E-state index in [9.17, 15) is 9.59 Å². The quantitative estimate of drug-likeness (QED) is 0.839. The van der Waals surface area contributed by atoms with Crippen LogP contribution in [0.15, 0.2) is 24.3 Å². The van der Waals surface area contributed by atoms with E-state index in [1.165, 1.54) is 0 Å². The van der Waals surface area contributed by atoms with E-state index < -0.39 is 0 Å². The molecule has 1 aromatic rings. The van der Waals surface area contributed by atoms with Crippen molar-refractivity contribution in [3.8, 4) is 0 Å². The molecule has 1 fully saturated rings. The van der Waals surface area contributed by atoms with Crippen LogP contribution >= 0.6 is 0 Å². The van der Waals surface area contributed by atoms with Crippen molar-refractivity contribution >= 4 is 23.4 Å². The van der Waals surface area contributed by atoms with Crippen LogP contribution in [0.4, 0.5) is 16.2 Å². The monoisotopic (exact) mass is 291 g/mol. The maximum absolute atomic E-state index is 12.1. The molecule has 114 valence electrons. The molecule has 0 spiro atoms. The topological polar surface area (TPSA) is 84.7 Å². The number of carbonyl (C=O) groups is 2. The summed E-state index contributed by atoms with van der Waals surface area (Å²) in [6, 6.07) is 7.18. The van der Waals surface area contributed by atoms with Crippen LogP contribution in [0.25, 0.3) is 0 Å². The van der Waals surface area contributed by atoms with Crippen molar-refractivity contribution in [2.45, 2.75) is 19.8 Å². The van der Waals surface area contributed by atoms with Crippen molar-refractivity contribution in [1.29, 1.82) is 0 Å². The largest absolute Gasteiger partial charge is 0.447 e. The third kappa shape index (κ3) is 3.72. The third-order valence-electron chi connectivity index (χ3n) is 3.48. The summed E-state index contributed by atoms with van der Waals surface area (Å²) in [5.74, 6) is -0.268. The molecule has 1 heterocycles. The number of rotatable bonds is 6. The number of amides is 2. The van der Waals surface area contributed by atoms with Gasteiger partial charge in [0.1, 0.15) is 6.61 Å². The van der Waals surface area contributed by atoms with Crippen molar-refractivity contribution in [3.05, 3.63) is 24.3 Å². The maximum Gasteiger partial charge on any atom is 0.414 e. The van der Waals surface area contributed by atoms with E-state index in [-0.39, 0.29) is 17.9 Å². The lowest BCUT2D eigenvalue weighted by atomic mass is 10.0. The molecule has 1 atom stereocenters. The van der Waals surface area contributed by atoms with Crippen LogP contribution < -0.4 is 16.0 Å². The van der Waals surface area contributed by atoms with Crippen molar-refractivity contribution in [2.75, 3.05) is 29.9 Å². The summed E-state index contributed by atoms with van der Waals surface area (Å²) >= 11 is 0. The van der Waals surface area contributed by atoms with Gasteiger partial charge in [-0.25, -0.2) is 4.79 Å². The number of nitrogens with zero attached hydrogens (tertiary/aromatic N) is 1. The van der Waals surface area contributed by atoms with Crippen LogP contribution in [0.1, 0.15) is 19.8 Å². The van der Waals surface area contributed by atoms with Gasteiger partial charge in [-0.1, -0.05) is 19.4 Å². The maximum atomic E-state index is 12.1. The zero-order chi connectivity index (χ0) is 15.2. The van der Waals surface area contributed by atoms with Gasteiger partial charge in [-0.05, 0) is 24.6 Å². The fraction of sp³-hybridized carbons (Fsp3) is 0.467. The van der Waals surface area contributed by atoms with E-state index in [1.54, 1.807) is 23.1 Å². The predicted molar refractivity (Wildman–Crippen MR) is 81.2 cm³/mol. The van der Waals surface area contributed by atoms with Gasteiger partial charge in [0.05, 0.1) is 12.5 Å². The summed E-state index contributed by atoms with van der Waals surface area (Å²) in [5, 5.41) is 2.86. The fourth-order valence-electron chi connectivity index (χ4n) is 2.33. The molecule has 1 aromatic carbocycles. The molecule has 0 bridgehead atoms. The Hall–Kier alpha value is -2.08. The lowest BCUT2D eigenvalue weighted by molar-refractivity contribution is -0.119. The second-order valence-corrected chi connectivity index (χ2v) is 5.03. The average molecular weight is 291 g/mol. The Kier molecular flexibility index (Phi) is 5.16. The van der Waals surface area contributed by atoms with Gasteiger partial charge in [-0.15, -0.1) is 0 Å². The minimum atomic E-state index is -0.357. The number of benzene rings is 1. The normalized spacial score (nSPS) is 15.7. The van der Waals surface area contributed by atoms with Crippen LogP contribution in [0.2, 0.25) is 0 Å². The van der Waals surface area contributed by atoms with Gasteiger partial charge in [0.15, 0.2) is 0 Å².